The van der Waals surface area contributed by atoms with E-state index in [1.54, 1.807) is 0 Å². The van der Waals surface area contributed by atoms with Crippen molar-refractivity contribution in [2.24, 2.45) is 0 Å². The van der Waals surface area contributed by atoms with Crippen LogP contribution in [0.1, 0.15) is 131 Å². The Balaban J connectivity index is 1.20. The molecule has 2 aliphatic heterocycles. The zero-order valence-electron chi connectivity index (χ0n) is 50.5. The summed E-state index contributed by atoms with van der Waals surface area (Å²) in [4.78, 5) is 7.86. The lowest BCUT2D eigenvalue weighted by Crippen LogP contribution is -2.60. The molecule has 0 atom stereocenters. The molecule has 408 valence electrons. The first kappa shape index (κ1) is 53.5. The van der Waals surface area contributed by atoms with E-state index in [0.717, 1.165) is 17.1 Å². The van der Waals surface area contributed by atoms with Crippen LogP contribution in [0.25, 0.3) is 42.8 Å². The Morgan fingerprint density at radius 3 is 1.65 bits per heavy atom. The van der Waals surface area contributed by atoms with Crippen LogP contribution in [-0.4, -0.2) is 6.71 Å². The zero-order valence-corrected chi connectivity index (χ0v) is 51.3. The van der Waals surface area contributed by atoms with Crippen LogP contribution in [0.3, 0.4) is 0 Å². The summed E-state index contributed by atoms with van der Waals surface area (Å²) < 4.78 is 2.69. The number of thiophene rings is 1. The predicted molar refractivity (Wildman–Crippen MR) is 360 cm³/mol. The van der Waals surface area contributed by atoms with Gasteiger partial charge >= 0.3 is 0 Å². The van der Waals surface area contributed by atoms with Crippen LogP contribution in [0.4, 0.5) is 51.2 Å². The van der Waals surface area contributed by atoms with E-state index in [-0.39, 0.29) is 34.3 Å². The van der Waals surface area contributed by atoms with Crippen molar-refractivity contribution in [1.82, 2.24) is 0 Å². The quantitative estimate of drug-likeness (QED) is 0.116. The second kappa shape index (κ2) is 19.4. The molecule has 0 fully saturated rings. The molecule has 2 aliphatic rings. The Morgan fingerprint density at radius 1 is 0.439 bits per heavy atom. The van der Waals surface area contributed by atoms with Gasteiger partial charge in [0.05, 0.1) is 11.4 Å². The van der Waals surface area contributed by atoms with Crippen molar-refractivity contribution in [2.45, 2.75) is 125 Å². The summed E-state index contributed by atoms with van der Waals surface area (Å²) in [5.41, 5.74) is 22.1. The molecule has 5 heteroatoms. The molecule has 0 radical (unpaired) electrons. The summed E-state index contributed by atoms with van der Waals surface area (Å²) in [6, 6.07) is 77.2. The molecule has 0 spiro atoms. The number of nitrogens with zero attached hydrogens (tertiary/aromatic N) is 3. The van der Waals surface area contributed by atoms with Crippen LogP contribution in [0.2, 0.25) is 0 Å². The average molecular weight is 1090 g/mol. The van der Waals surface area contributed by atoms with Gasteiger partial charge in [0.25, 0.3) is 6.71 Å². The highest BCUT2D eigenvalue weighted by Crippen LogP contribution is 2.55. The van der Waals surface area contributed by atoms with Gasteiger partial charge in [-0.25, -0.2) is 0 Å². The van der Waals surface area contributed by atoms with Crippen LogP contribution in [-0.2, 0) is 21.7 Å². The molecule has 10 aromatic carbocycles. The minimum Gasteiger partial charge on any atom is -0.310 e. The Morgan fingerprint density at radius 2 is 1.01 bits per heavy atom. The molecule has 82 heavy (non-hydrogen) atoms. The smallest absolute Gasteiger partial charge is 0.264 e. The molecular formula is C77H76BN3S. The van der Waals surface area contributed by atoms with Crippen molar-refractivity contribution in [2.75, 3.05) is 14.7 Å². The van der Waals surface area contributed by atoms with Gasteiger partial charge in [0.15, 0.2) is 0 Å². The maximum atomic E-state index is 2.73. The number of fused-ring (bicyclic) bond motifs is 9. The van der Waals surface area contributed by atoms with E-state index in [1.165, 1.54) is 120 Å². The van der Waals surface area contributed by atoms with Crippen LogP contribution >= 0.6 is 11.3 Å². The van der Waals surface area contributed by atoms with Gasteiger partial charge in [-0.1, -0.05) is 218 Å². The highest BCUT2D eigenvalue weighted by molar-refractivity contribution is 7.33. The third kappa shape index (κ3) is 8.94. The monoisotopic (exact) mass is 1090 g/mol. The van der Waals surface area contributed by atoms with E-state index in [2.05, 4.69) is 312 Å². The van der Waals surface area contributed by atoms with Crippen molar-refractivity contribution in [1.29, 1.82) is 0 Å². The van der Waals surface area contributed by atoms with Gasteiger partial charge in [-0.05, 0) is 167 Å². The van der Waals surface area contributed by atoms with E-state index in [9.17, 15) is 0 Å². The molecule has 11 aromatic rings. The average Bonchev–Trinajstić information content (AvgIpc) is 1.34. The number of hydrogen-bond donors (Lipinski definition) is 0. The van der Waals surface area contributed by atoms with E-state index in [0.29, 0.717) is 0 Å². The fourth-order valence-electron chi connectivity index (χ4n) is 13.0. The van der Waals surface area contributed by atoms with Crippen LogP contribution < -0.4 is 30.4 Å². The zero-order chi connectivity index (χ0) is 57.4. The van der Waals surface area contributed by atoms with Crippen molar-refractivity contribution in [3.8, 4) is 11.1 Å². The van der Waals surface area contributed by atoms with Crippen molar-refractivity contribution in [3.63, 3.8) is 0 Å². The van der Waals surface area contributed by atoms with E-state index < -0.39 is 0 Å². The number of rotatable bonds is 7. The first-order chi connectivity index (χ1) is 39.0. The number of hydrogen-bond acceptors (Lipinski definition) is 4. The van der Waals surface area contributed by atoms with E-state index >= 15 is 0 Å². The van der Waals surface area contributed by atoms with Gasteiger partial charge in [-0.15, -0.1) is 11.3 Å². The third-order valence-corrected chi connectivity index (χ3v) is 18.8. The fourth-order valence-corrected chi connectivity index (χ4v) is 14.3. The Kier molecular flexibility index (Phi) is 12.6. The lowest BCUT2D eigenvalue weighted by Gasteiger charge is -2.45. The summed E-state index contributed by atoms with van der Waals surface area (Å²) >= 11 is 1.98. The summed E-state index contributed by atoms with van der Waals surface area (Å²) in [5.74, 6) is 0.231. The van der Waals surface area contributed by atoms with Crippen molar-refractivity contribution < 1.29 is 0 Å². The van der Waals surface area contributed by atoms with Gasteiger partial charge in [0.2, 0.25) is 0 Å². The lowest BCUT2D eigenvalue weighted by atomic mass is 9.36. The molecule has 0 unspecified atom stereocenters. The van der Waals surface area contributed by atoms with Crippen LogP contribution in [0.15, 0.2) is 200 Å². The van der Waals surface area contributed by atoms with Crippen LogP contribution in [0.5, 0.6) is 0 Å². The first-order valence-corrected chi connectivity index (χ1v) is 30.5. The highest BCUT2D eigenvalue weighted by atomic mass is 32.1. The topological polar surface area (TPSA) is 9.72 Å². The van der Waals surface area contributed by atoms with Crippen LogP contribution in [0, 0.1) is 0 Å². The number of para-hydroxylation sites is 1. The molecule has 0 saturated heterocycles. The van der Waals surface area contributed by atoms with Gasteiger partial charge in [0, 0.05) is 65.6 Å². The maximum absolute atomic E-state index is 2.73. The largest absolute Gasteiger partial charge is 0.310 e. The molecule has 3 heterocycles. The van der Waals surface area contributed by atoms with Gasteiger partial charge in [-0.3, -0.25) is 0 Å². The minimum atomic E-state index is -0.175. The van der Waals surface area contributed by atoms with Gasteiger partial charge in [0.1, 0.15) is 0 Å². The SMILES string of the molecule is CC(C)c1cc2c3c(c1)N(c1c(-c4ccccc4)cc(C(C)(C)C)c4c1ccc1ccccc14)c1cc(N(c4ccccc4)c4ccc(C(C)(C)C)cc4)ccc1B3c1sc3ccc(C(C)(C)C)cc3c1N2c1ccc(C(C)(C)C)cc1. The molecule has 13 rings (SSSR count). The molecule has 0 aliphatic carbocycles. The second-order valence-electron chi connectivity index (χ2n) is 27.7. The van der Waals surface area contributed by atoms with Crippen molar-refractivity contribution in [3.05, 3.63) is 228 Å². The number of anilines is 9. The fraction of sp³-hybridized carbons (Fsp3) is 0.247. The Labute approximate surface area is 492 Å². The molecular weight excluding hydrogens is 1010 g/mol. The molecule has 1 aromatic heterocycles. The first-order valence-electron chi connectivity index (χ1n) is 29.6. The summed E-state index contributed by atoms with van der Waals surface area (Å²) in [5, 5.41) is 6.38. The molecule has 0 bridgehead atoms. The normalized spacial score (nSPS) is 13.5. The molecule has 0 amide bonds. The summed E-state index contributed by atoms with van der Waals surface area (Å²) in [6.45, 7) is 32.7. The third-order valence-electron chi connectivity index (χ3n) is 17.6. The minimum absolute atomic E-state index is 0.00618. The summed E-state index contributed by atoms with van der Waals surface area (Å²) in [7, 11) is 0. The Bertz CT molecular complexity index is 4280. The second-order valence-corrected chi connectivity index (χ2v) is 28.7. The van der Waals surface area contributed by atoms with E-state index in [4.69, 9.17) is 0 Å². The van der Waals surface area contributed by atoms with Gasteiger partial charge < -0.3 is 14.7 Å². The number of benzene rings is 10. The Hall–Kier alpha value is -7.86. The maximum Gasteiger partial charge on any atom is 0.264 e. The lowest BCUT2D eigenvalue weighted by molar-refractivity contribution is 0.590. The molecule has 0 N–H and O–H groups in total. The standard InChI is InChI=1S/C77H76BN3S/c1-48(2)51-43-66-70-67(44-51)81(71-60-40-29-50-25-21-22-28-59(50)69(60)63(77(12,13)14)47-61(71)49-23-17-15-18-24-49)65-46-58(79(55-26-19-16-20-27-55)56-35-30-52(31-36-56)74(3,4)5)39-41-64(65)78(70)73-72(62-45-54(76(9,10)11)34-42-68(62)82-73)80(66)57-37-32-53(33-38-57)75(6,7)8/h15-48H,1-14H3. The molecule has 0 saturated carbocycles. The molecule has 3 nitrogen and oxygen atoms in total. The highest BCUT2D eigenvalue weighted by Gasteiger charge is 2.47. The van der Waals surface area contributed by atoms with Gasteiger partial charge in [-0.2, -0.15) is 0 Å². The predicted octanol–water partition coefficient (Wildman–Crippen LogP) is 20.7. The van der Waals surface area contributed by atoms with E-state index in [1.807, 2.05) is 11.3 Å². The summed E-state index contributed by atoms with van der Waals surface area (Å²) in [6.07, 6.45) is 0. The van der Waals surface area contributed by atoms with Crippen molar-refractivity contribution >= 4 is 117 Å².